The fourth-order valence-corrected chi connectivity index (χ4v) is 12.2. The van der Waals surface area contributed by atoms with Gasteiger partial charge in [0.15, 0.2) is 6.10 Å². The van der Waals surface area contributed by atoms with Crippen LogP contribution < -0.4 is 4.52 Å². The summed E-state index contributed by atoms with van der Waals surface area (Å²) in [5.74, 6) is 0. The normalized spacial score (nSPS) is 18.3. The highest BCUT2D eigenvalue weighted by Crippen LogP contribution is 2.71. The number of fused-ring (bicyclic) bond motifs is 3. The Morgan fingerprint density at radius 1 is 0.673 bits per heavy atom. The van der Waals surface area contributed by atoms with Crippen molar-refractivity contribution in [3.8, 4) is 0 Å². The molecule has 1 aliphatic rings. The highest BCUT2D eigenvalue weighted by Gasteiger charge is 2.48. The maximum absolute atomic E-state index is 15.3. The molecule has 1 saturated heterocycles. The standard InChI is InChI=1S/C41H47F3O3P2/c1-26-21-30-31-22-27(2)24-33(40(6,7)8)38(31)47-49(46-37(30)32(23-26)39(3,4)5)45-36(41(42,43)44)25-48-34(28-15-11-9-12-16-28)19-20-35(48)29-17-13-10-14-18-29/h9-18,21-24,34-36H,19-20,25H2,1-8H3/t34-,35-,36+/m1/s1. The lowest BCUT2D eigenvalue weighted by Crippen LogP contribution is -2.36. The fraction of sp³-hybridized carbons (Fsp3) is 0.415. The van der Waals surface area contributed by atoms with Crippen LogP contribution in [0.5, 0.6) is 0 Å². The van der Waals surface area contributed by atoms with Crippen molar-refractivity contribution in [2.75, 3.05) is 6.16 Å². The van der Waals surface area contributed by atoms with Crippen molar-refractivity contribution in [2.45, 2.75) is 103 Å². The molecular formula is C41H47F3O3P2. The Hall–Kier alpha value is -3.04. The summed E-state index contributed by atoms with van der Waals surface area (Å²) in [4.78, 5) is 0. The predicted octanol–water partition coefficient (Wildman–Crippen LogP) is 13.6. The minimum absolute atomic E-state index is 0.0333. The summed E-state index contributed by atoms with van der Waals surface area (Å²) < 4.78 is 65.3. The van der Waals surface area contributed by atoms with Gasteiger partial charge in [-0.3, -0.25) is 4.52 Å². The predicted molar refractivity (Wildman–Crippen MR) is 199 cm³/mol. The summed E-state index contributed by atoms with van der Waals surface area (Å²) in [5.41, 5.74) is 6.53. The molecule has 3 nitrogen and oxygen atoms in total. The van der Waals surface area contributed by atoms with Crippen molar-refractivity contribution in [1.82, 2.24) is 0 Å². The van der Waals surface area contributed by atoms with E-state index in [1.807, 2.05) is 50.2 Å². The second-order valence-corrected chi connectivity index (χ2v) is 19.2. The average Bonchev–Trinajstić information content (AvgIpc) is 3.38. The molecule has 0 radical (unpaired) electrons. The van der Waals surface area contributed by atoms with Gasteiger partial charge in [0.2, 0.25) is 0 Å². The fourth-order valence-electron chi connectivity index (χ4n) is 7.15. The molecule has 0 bridgehead atoms. The average molecular weight is 707 g/mol. The Morgan fingerprint density at radius 3 is 1.45 bits per heavy atom. The number of rotatable bonds is 6. The number of benzene rings is 4. The van der Waals surface area contributed by atoms with Gasteiger partial charge in [-0.15, -0.1) is 0 Å². The van der Waals surface area contributed by atoms with Crippen molar-refractivity contribution in [2.24, 2.45) is 0 Å². The smallest absolute Gasteiger partial charge is 0.399 e. The second kappa shape index (κ2) is 13.6. The lowest BCUT2D eigenvalue weighted by molar-refractivity contribution is -0.179. The van der Waals surface area contributed by atoms with Gasteiger partial charge in [-0.2, -0.15) is 13.2 Å². The molecule has 0 amide bonds. The number of halogens is 3. The summed E-state index contributed by atoms with van der Waals surface area (Å²) in [7, 11) is -3.66. The van der Waals surface area contributed by atoms with E-state index in [9.17, 15) is 0 Å². The van der Waals surface area contributed by atoms with Gasteiger partial charge in [0.25, 0.3) is 0 Å². The minimum atomic E-state index is -4.62. The first-order valence-corrected chi connectivity index (χ1v) is 19.8. The highest BCUT2D eigenvalue weighted by atomic mass is 31.1. The number of aryl methyl sites for hydroxylation is 2. The summed E-state index contributed by atoms with van der Waals surface area (Å²) in [6.07, 6.45) is -5.14. The molecule has 5 aromatic rings. The van der Waals surface area contributed by atoms with Gasteiger partial charge < -0.3 is 8.39 Å². The molecule has 1 aliphatic heterocycles. The maximum atomic E-state index is 15.3. The summed E-state index contributed by atoms with van der Waals surface area (Å²) >= 11 is 0. The molecule has 1 fully saturated rings. The third-order valence-electron chi connectivity index (χ3n) is 9.54. The Labute approximate surface area is 290 Å². The molecule has 0 aliphatic carbocycles. The first-order chi connectivity index (χ1) is 23.0. The molecule has 0 unspecified atom stereocenters. The van der Waals surface area contributed by atoms with E-state index >= 15 is 13.2 Å². The van der Waals surface area contributed by atoms with Crippen molar-refractivity contribution >= 4 is 38.1 Å². The Balaban J connectivity index is 1.55. The summed E-state index contributed by atoms with van der Waals surface area (Å²) in [5, 5.41) is 1.64. The van der Waals surface area contributed by atoms with Gasteiger partial charge in [-0.1, -0.05) is 122 Å². The molecule has 49 heavy (non-hydrogen) atoms. The van der Waals surface area contributed by atoms with Gasteiger partial charge >= 0.3 is 14.4 Å². The van der Waals surface area contributed by atoms with E-state index in [1.54, 1.807) is 0 Å². The Morgan fingerprint density at radius 2 is 1.08 bits per heavy atom. The Bertz CT molecular complexity index is 1840. The maximum Gasteiger partial charge on any atom is 0.416 e. The van der Waals surface area contributed by atoms with Crippen LogP contribution in [-0.2, 0) is 10.8 Å². The number of hydrogen-bond acceptors (Lipinski definition) is 3. The summed E-state index contributed by atoms with van der Waals surface area (Å²) in [6, 6.07) is 28.3. The topological polar surface area (TPSA) is 35.5 Å². The van der Waals surface area contributed by atoms with Crippen LogP contribution in [-0.4, -0.2) is 18.4 Å². The monoisotopic (exact) mass is 706 g/mol. The third kappa shape index (κ3) is 7.68. The second-order valence-electron chi connectivity index (χ2n) is 15.5. The van der Waals surface area contributed by atoms with E-state index < -0.39 is 28.4 Å². The third-order valence-corrected chi connectivity index (χ3v) is 14.1. The van der Waals surface area contributed by atoms with E-state index in [0.29, 0.717) is 11.2 Å². The van der Waals surface area contributed by atoms with E-state index in [-0.39, 0.29) is 28.3 Å². The van der Waals surface area contributed by atoms with Crippen molar-refractivity contribution < 1.29 is 26.1 Å². The summed E-state index contributed by atoms with van der Waals surface area (Å²) in [6.45, 7) is 16.6. The van der Waals surface area contributed by atoms with E-state index in [1.165, 1.54) is 0 Å². The largest absolute Gasteiger partial charge is 0.416 e. The quantitative estimate of drug-likeness (QED) is 0.165. The molecule has 0 spiro atoms. The first-order valence-electron chi connectivity index (χ1n) is 17.1. The SMILES string of the molecule is Cc1cc(C(C)(C)C)c2op(O[C@@H](CP3[C@@H](c4ccccc4)CC[C@@H]3c3ccccc3)C(F)(F)F)oc3c(C(C)(C)C)cc(C)cc3c2c1. The van der Waals surface area contributed by atoms with Gasteiger partial charge in [-0.05, 0) is 71.9 Å². The molecule has 1 aromatic heterocycles. The van der Waals surface area contributed by atoms with Gasteiger partial charge in [-0.25, -0.2) is 0 Å². The zero-order valence-electron chi connectivity index (χ0n) is 29.7. The van der Waals surface area contributed by atoms with Crippen molar-refractivity contribution in [1.29, 1.82) is 0 Å². The Kier molecular flexibility index (Phi) is 9.92. The molecule has 4 aromatic carbocycles. The van der Waals surface area contributed by atoms with Crippen LogP contribution in [0.15, 0.2) is 93.3 Å². The molecule has 0 saturated carbocycles. The number of hydrogen-bond donors (Lipinski definition) is 0. The molecule has 3 atom stereocenters. The van der Waals surface area contributed by atoms with Crippen LogP contribution in [0.2, 0.25) is 0 Å². The highest BCUT2D eigenvalue weighted by molar-refractivity contribution is 7.58. The van der Waals surface area contributed by atoms with Crippen molar-refractivity contribution in [3.05, 3.63) is 118 Å². The van der Waals surface area contributed by atoms with Crippen molar-refractivity contribution in [3.63, 3.8) is 0 Å². The molecule has 8 heteroatoms. The molecule has 0 N–H and O–H groups in total. The van der Waals surface area contributed by atoms with Crippen LogP contribution in [0, 0.1) is 13.8 Å². The van der Waals surface area contributed by atoms with E-state index in [2.05, 4.69) is 90.1 Å². The lowest BCUT2D eigenvalue weighted by Gasteiger charge is -2.30. The molecule has 6 rings (SSSR count). The van der Waals surface area contributed by atoms with E-state index in [0.717, 1.165) is 57.0 Å². The van der Waals surface area contributed by atoms with Gasteiger partial charge in [0.05, 0.1) is 0 Å². The zero-order chi connectivity index (χ0) is 35.3. The van der Waals surface area contributed by atoms with Crippen LogP contribution in [0.4, 0.5) is 13.2 Å². The van der Waals surface area contributed by atoms with Gasteiger partial charge in [0.1, 0.15) is 11.2 Å². The van der Waals surface area contributed by atoms with Crippen LogP contribution >= 0.6 is 16.2 Å². The minimum Gasteiger partial charge on any atom is -0.399 e. The first kappa shape index (κ1) is 35.8. The lowest BCUT2D eigenvalue weighted by atomic mass is 9.83. The van der Waals surface area contributed by atoms with E-state index in [4.69, 9.17) is 12.9 Å². The van der Waals surface area contributed by atoms with Gasteiger partial charge in [0, 0.05) is 39.4 Å². The molecule has 260 valence electrons. The zero-order valence-corrected chi connectivity index (χ0v) is 31.5. The molecular weight excluding hydrogens is 659 g/mol. The molecule has 2 heterocycles. The van der Waals surface area contributed by atoms with Crippen LogP contribution in [0.1, 0.15) is 99.1 Å². The van der Waals surface area contributed by atoms with Crippen LogP contribution in [0.25, 0.3) is 21.9 Å². The number of alkyl halides is 3. The van der Waals surface area contributed by atoms with Crippen LogP contribution in [0.3, 0.4) is 0 Å².